The van der Waals surface area contributed by atoms with Crippen LogP contribution in [0.3, 0.4) is 0 Å². The van der Waals surface area contributed by atoms with Gasteiger partial charge in [0.15, 0.2) is 0 Å². The molecule has 102 valence electrons. The summed E-state index contributed by atoms with van der Waals surface area (Å²) in [6.07, 6.45) is 3.34. The van der Waals surface area contributed by atoms with Crippen LogP contribution in [0.15, 0.2) is 0 Å². The normalized spacial score (nSPS) is 36.2. The van der Waals surface area contributed by atoms with Gasteiger partial charge in [-0.3, -0.25) is 4.90 Å². The third-order valence-corrected chi connectivity index (χ3v) is 4.47. The van der Waals surface area contributed by atoms with Gasteiger partial charge < -0.3 is 5.11 Å². The van der Waals surface area contributed by atoms with E-state index in [0.29, 0.717) is 17.9 Å². The van der Waals surface area contributed by atoms with E-state index >= 15 is 0 Å². The number of nitrogens with zero attached hydrogens (tertiary/aromatic N) is 1. The minimum Gasteiger partial charge on any atom is -0.391 e. The summed E-state index contributed by atoms with van der Waals surface area (Å²) in [4.78, 5) is 2.51. The Morgan fingerprint density at radius 1 is 1.24 bits per heavy atom. The van der Waals surface area contributed by atoms with Crippen LogP contribution in [0.5, 0.6) is 0 Å². The SMILES string of the molecule is CCC(C)CN(CC)C1C(C)CC(C)CC1O. The molecule has 0 radical (unpaired) electrons. The van der Waals surface area contributed by atoms with E-state index in [0.717, 1.165) is 25.4 Å². The van der Waals surface area contributed by atoms with Crippen molar-refractivity contribution >= 4 is 0 Å². The van der Waals surface area contributed by atoms with Crippen molar-refractivity contribution in [3.63, 3.8) is 0 Å². The van der Waals surface area contributed by atoms with Crippen LogP contribution in [0, 0.1) is 17.8 Å². The van der Waals surface area contributed by atoms with Gasteiger partial charge in [-0.1, -0.05) is 41.0 Å². The van der Waals surface area contributed by atoms with Crippen LogP contribution in [-0.2, 0) is 0 Å². The van der Waals surface area contributed by atoms with E-state index in [1.807, 2.05) is 0 Å². The number of aliphatic hydroxyl groups excluding tert-OH is 1. The lowest BCUT2D eigenvalue weighted by molar-refractivity contribution is -0.0272. The van der Waals surface area contributed by atoms with Crippen molar-refractivity contribution in [2.75, 3.05) is 13.1 Å². The van der Waals surface area contributed by atoms with E-state index in [4.69, 9.17) is 0 Å². The van der Waals surface area contributed by atoms with E-state index in [1.165, 1.54) is 12.8 Å². The first-order chi connectivity index (χ1) is 7.99. The Hall–Kier alpha value is -0.0800. The van der Waals surface area contributed by atoms with Crippen LogP contribution in [0.1, 0.15) is 53.9 Å². The summed E-state index contributed by atoms with van der Waals surface area (Å²) in [7, 11) is 0. The van der Waals surface area contributed by atoms with Crippen molar-refractivity contribution < 1.29 is 5.11 Å². The monoisotopic (exact) mass is 241 g/mol. The molecule has 1 fully saturated rings. The lowest BCUT2D eigenvalue weighted by atomic mass is 9.77. The molecule has 17 heavy (non-hydrogen) atoms. The lowest BCUT2D eigenvalue weighted by Crippen LogP contribution is -2.52. The topological polar surface area (TPSA) is 23.5 Å². The molecule has 5 unspecified atom stereocenters. The molecule has 0 amide bonds. The van der Waals surface area contributed by atoms with E-state index < -0.39 is 0 Å². The van der Waals surface area contributed by atoms with Gasteiger partial charge in [-0.2, -0.15) is 0 Å². The van der Waals surface area contributed by atoms with E-state index in [9.17, 15) is 5.11 Å². The molecule has 2 heteroatoms. The molecule has 1 N–H and O–H groups in total. The second-order valence-corrected chi connectivity index (χ2v) is 6.21. The Balaban J connectivity index is 2.66. The van der Waals surface area contributed by atoms with Crippen LogP contribution in [0.4, 0.5) is 0 Å². The van der Waals surface area contributed by atoms with Gasteiger partial charge in [0.05, 0.1) is 6.10 Å². The number of hydrogen-bond acceptors (Lipinski definition) is 2. The Labute approximate surface area is 107 Å². The van der Waals surface area contributed by atoms with E-state index in [2.05, 4.69) is 39.5 Å². The summed E-state index contributed by atoms with van der Waals surface area (Å²) in [6.45, 7) is 13.5. The molecule has 0 saturated heterocycles. The molecule has 1 rings (SSSR count). The smallest absolute Gasteiger partial charge is 0.0700 e. The van der Waals surface area contributed by atoms with Gasteiger partial charge in [-0.15, -0.1) is 0 Å². The fourth-order valence-corrected chi connectivity index (χ4v) is 3.40. The average Bonchev–Trinajstić information content (AvgIpc) is 2.25. The summed E-state index contributed by atoms with van der Waals surface area (Å²) < 4.78 is 0. The zero-order valence-electron chi connectivity index (χ0n) is 12.3. The molecule has 1 aliphatic carbocycles. The maximum Gasteiger partial charge on any atom is 0.0700 e. The van der Waals surface area contributed by atoms with Crippen LogP contribution >= 0.6 is 0 Å². The predicted octanol–water partition coefficient (Wildman–Crippen LogP) is 3.15. The van der Waals surface area contributed by atoms with Crippen molar-refractivity contribution in [3.05, 3.63) is 0 Å². The summed E-state index contributed by atoms with van der Waals surface area (Å²) >= 11 is 0. The van der Waals surface area contributed by atoms with Gasteiger partial charge in [0.25, 0.3) is 0 Å². The average molecular weight is 241 g/mol. The molecule has 5 atom stereocenters. The zero-order valence-corrected chi connectivity index (χ0v) is 12.3. The maximum atomic E-state index is 10.4. The van der Waals surface area contributed by atoms with Gasteiger partial charge >= 0.3 is 0 Å². The fourth-order valence-electron chi connectivity index (χ4n) is 3.40. The van der Waals surface area contributed by atoms with Crippen molar-refractivity contribution in [2.45, 2.75) is 66.0 Å². The summed E-state index contributed by atoms with van der Waals surface area (Å²) in [5, 5.41) is 10.4. The first kappa shape index (κ1) is 15.0. The molecule has 0 heterocycles. The van der Waals surface area contributed by atoms with Crippen molar-refractivity contribution in [3.8, 4) is 0 Å². The number of rotatable bonds is 5. The first-order valence-electron chi connectivity index (χ1n) is 7.41. The van der Waals surface area contributed by atoms with Crippen LogP contribution in [0.2, 0.25) is 0 Å². The third-order valence-electron chi connectivity index (χ3n) is 4.47. The Morgan fingerprint density at radius 2 is 1.88 bits per heavy atom. The molecule has 1 aliphatic rings. The Morgan fingerprint density at radius 3 is 2.35 bits per heavy atom. The maximum absolute atomic E-state index is 10.4. The van der Waals surface area contributed by atoms with Gasteiger partial charge in [0.2, 0.25) is 0 Å². The number of likely N-dealkylation sites (N-methyl/N-ethyl adjacent to an activating group) is 1. The van der Waals surface area contributed by atoms with Gasteiger partial charge in [-0.25, -0.2) is 0 Å². The third kappa shape index (κ3) is 3.96. The molecule has 0 bridgehead atoms. The molecular weight excluding hydrogens is 210 g/mol. The largest absolute Gasteiger partial charge is 0.391 e. The second kappa shape index (κ2) is 6.75. The zero-order chi connectivity index (χ0) is 13.0. The molecule has 0 aromatic rings. The molecule has 1 saturated carbocycles. The van der Waals surface area contributed by atoms with E-state index in [1.54, 1.807) is 0 Å². The highest BCUT2D eigenvalue weighted by Gasteiger charge is 2.36. The molecule has 0 aliphatic heterocycles. The van der Waals surface area contributed by atoms with Crippen LogP contribution in [-0.4, -0.2) is 35.2 Å². The Bertz CT molecular complexity index is 207. The lowest BCUT2D eigenvalue weighted by Gasteiger charge is -2.44. The van der Waals surface area contributed by atoms with Crippen LogP contribution < -0.4 is 0 Å². The minimum atomic E-state index is -0.127. The first-order valence-corrected chi connectivity index (χ1v) is 7.41. The highest BCUT2D eigenvalue weighted by Crippen LogP contribution is 2.32. The standard InChI is InChI=1S/C15H31NO/c1-6-11(3)10-16(7-2)15-13(5)8-12(4)9-14(15)17/h11-15,17H,6-10H2,1-5H3. The molecule has 0 spiro atoms. The quantitative estimate of drug-likeness (QED) is 0.799. The van der Waals surface area contributed by atoms with Gasteiger partial charge in [-0.05, 0) is 37.1 Å². The Kier molecular flexibility index (Phi) is 5.94. The molecule has 0 aromatic heterocycles. The van der Waals surface area contributed by atoms with E-state index in [-0.39, 0.29) is 6.10 Å². The summed E-state index contributed by atoms with van der Waals surface area (Å²) in [6, 6.07) is 0.380. The minimum absolute atomic E-state index is 0.127. The predicted molar refractivity (Wildman–Crippen MR) is 74.1 cm³/mol. The highest BCUT2D eigenvalue weighted by molar-refractivity contribution is 4.89. The van der Waals surface area contributed by atoms with Gasteiger partial charge in [0, 0.05) is 12.6 Å². The summed E-state index contributed by atoms with van der Waals surface area (Å²) in [5.74, 6) is 2.03. The van der Waals surface area contributed by atoms with Crippen molar-refractivity contribution in [1.82, 2.24) is 4.90 Å². The molecular formula is C15H31NO. The number of hydrogen-bond donors (Lipinski definition) is 1. The van der Waals surface area contributed by atoms with Crippen molar-refractivity contribution in [2.24, 2.45) is 17.8 Å². The molecule has 0 aromatic carbocycles. The molecule has 2 nitrogen and oxygen atoms in total. The second-order valence-electron chi connectivity index (χ2n) is 6.21. The van der Waals surface area contributed by atoms with Crippen molar-refractivity contribution in [1.29, 1.82) is 0 Å². The highest BCUT2D eigenvalue weighted by atomic mass is 16.3. The fraction of sp³-hybridized carbons (Fsp3) is 1.00. The summed E-state index contributed by atoms with van der Waals surface area (Å²) in [5.41, 5.74) is 0. The van der Waals surface area contributed by atoms with Gasteiger partial charge in [0.1, 0.15) is 0 Å². The van der Waals surface area contributed by atoms with Crippen LogP contribution in [0.25, 0.3) is 0 Å². The number of aliphatic hydroxyl groups is 1.